The van der Waals surface area contributed by atoms with E-state index in [0.29, 0.717) is 16.6 Å². The number of hydrazone groups is 1. The van der Waals surface area contributed by atoms with Crippen LogP contribution < -0.4 is 14.9 Å². The van der Waals surface area contributed by atoms with Crippen LogP contribution in [0.1, 0.15) is 5.56 Å². The molecule has 7 heteroatoms. The summed E-state index contributed by atoms with van der Waals surface area (Å²) < 4.78 is 11.6. The second-order valence-corrected chi connectivity index (χ2v) is 6.71. The number of ether oxygens (including phenoxy) is 2. The maximum absolute atomic E-state index is 5.34. The number of benzene rings is 2. The molecule has 0 spiro atoms. The fourth-order valence-corrected chi connectivity index (χ4v) is 3.25. The van der Waals surface area contributed by atoms with Crippen LogP contribution >= 0.6 is 27.3 Å². The Labute approximate surface area is 158 Å². The summed E-state index contributed by atoms with van der Waals surface area (Å²) in [6.07, 6.45) is 1.75. The smallest absolute Gasteiger partial charge is 0.203 e. The number of hydrogen-bond acceptors (Lipinski definition) is 6. The molecule has 0 bridgehead atoms. The summed E-state index contributed by atoms with van der Waals surface area (Å²) in [5.74, 6) is 1.37. The van der Waals surface area contributed by atoms with Crippen molar-refractivity contribution in [1.82, 2.24) is 4.98 Å². The number of nitrogens with one attached hydrogen (secondary N) is 1. The molecule has 0 aliphatic carbocycles. The molecule has 3 rings (SSSR count). The van der Waals surface area contributed by atoms with Gasteiger partial charge in [-0.05, 0) is 24.3 Å². The van der Waals surface area contributed by atoms with Gasteiger partial charge in [0.2, 0.25) is 5.13 Å². The lowest BCUT2D eigenvalue weighted by Gasteiger charge is -2.08. The first-order chi connectivity index (χ1) is 12.2. The van der Waals surface area contributed by atoms with Gasteiger partial charge in [-0.3, -0.25) is 5.43 Å². The zero-order chi connectivity index (χ0) is 17.6. The average molecular weight is 418 g/mol. The Morgan fingerprint density at radius 3 is 2.68 bits per heavy atom. The molecule has 5 nitrogen and oxygen atoms in total. The van der Waals surface area contributed by atoms with Crippen LogP contribution in [0.25, 0.3) is 11.3 Å². The molecule has 1 aromatic heterocycles. The van der Waals surface area contributed by atoms with E-state index >= 15 is 0 Å². The number of anilines is 1. The van der Waals surface area contributed by atoms with Crippen molar-refractivity contribution in [2.45, 2.75) is 0 Å². The van der Waals surface area contributed by atoms with Gasteiger partial charge in [-0.1, -0.05) is 34.1 Å². The standard InChI is InChI=1S/C18H16BrN3O2S/c1-23-16-8-7-12(9-17(16)24-2)15-11-25-18(21-15)22-20-10-13-5-3-4-6-14(13)19/h3-11H,1-2H3,(H,21,22)/b20-10-. The van der Waals surface area contributed by atoms with Crippen LogP contribution in [-0.2, 0) is 0 Å². The van der Waals surface area contributed by atoms with Crippen molar-refractivity contribution in [1.29, 1.82) is 0 Å². The van der Waals surface area contributed by atoms with Crippen molar-refractivity contribution >= 4 is 38.6 Å². The van der Waals surface area contributed by atoms with E-state index in [4.69, 9.17) is 9.47 Å². The van der Waals surface area contributed by atoms with E-state index in [1.807, 2.05) is 47.8 Å². The summed E-state index contributed by atoms with van der Waals surface area (Å²) in [6, 6.07) is 13.6. The highest BCUT2D eigenvalue weighted by Crippen LogP contribution is 2.33. The molecule has 1 N–H and O–H groups in total. The fraction of sp³-hybridized carbons (Fsp3) is 0.111. The van der Waals surface area contributed by atoms with Gasteiger partial charge in [-0.2, -0.15) is 5.10 Å². The normalized spacial score (nSPS) is 10.8. The van der Waals surface area contributed by atoms with E-state index in [2.05, 4.69) is 31.4 Å². The fourth-order valence-electron chi connectivity index (χ4n) is 2.19. The van der Waals surface area contributed by atoms with E-state index in [0.717, 1.165) is 21.3 Å². The van der Waals surface area contributed by atoms with Crippen molar-refractivity contribution in [3.63, 3.8) is 0 Å². The summed E-state index contributed by atoms with van der Waals surface area (Å²) in [5.41, 5.74) is 5.76. The molecule has 0 aliphatic rings. The molecular weight excluding hydrogens is 402 g/mol. The van der Waals surface area contributed by atoms with Gasteiger partial charge < -0.3 is 9.47 Å². The van der Waals surface area contributed by atoms with E-state index in [9.17, 15) is 0 Å². The van der Waals surface area contributed by atoms with Crippen LogP contribution in [0, 0.1) is 0 Å². The zero-order valence-electron chi connectivity index (χ0n) is 13.7. The Bertz CT molecular complexity index is 896. The van der Waals surface area contributed by atoms with E-state index in [1.165, 1.54) is 11.3 Å². The van der Waals surface area contributed by atoms with Crippen LogP contribution in [0.5, 0.6) is 11.5 Å². The Morgan fingerprint density at radius 2 is 1.92 bits per heavy atom. The molecule has 3 aromatic rings. The molecule has 0 amide bonds. The van der Waals surface area contributed by atoms with Crippen molar-refractivity contribution in [3.8, 4) is 22.8 Å². The van der Waals surface area contributed by atoms with Crippen LogP contribution in [-0.4, -0.2) is 25.4 Å². The molecule has 0 unspecified atom stereocenters. The van der Waals surface area contributed by atoms with Crippen molar-refractivity contribution < 1.29 is 9.47 Å². The summed E-state index contributed by atoms with van der Waals surface area (Å²) in [7, 11) is 3.23. The molecule has 0 fully saturated rings. The quantitative estimate of drug-likeness (QED) is 0.450. The highest BCUT2D eigenvalue weighted by atomic mass is 79.9. The van der Waals surface area contributed by atoms with Crippen LogP contribution in [0.4, 0.5) is 5.13 Å². The second-order valence-electron chi connectivity index (χ2n) is 5.00. The average Bonchev–Trinajstić information content (AvgIpc) is 3.11. The molecule has 0 saturated heterocycles. The van der Waals surface area contributed by atoms with Gasteiger partial charge in [0.05, 0.1) is 26.1 Å². The molecule has 0 atom stereocenters. The van der Waals surface area contributed by atoms with E-state index < -0.39 is 0 Å². The Balaban J connectivity index is 1.73. The van der Waals surface area contributed by atoms with Crippen molar-refractivity contribution in [2.75, 3.05) is 19.6 Å². The third kappa shape index (κ3) is 4.18. The number of rotatable bonds is 6. The maximum atomic E-state index is 5.34. The first-order valence-corrected chi connectivity index (χ1v) is 9.10. The van der Waals surface area contributed by atoms with Gasteiger partial charge in [-0.15, -0.1) is 11.3 Å². The highest BCUT2D eigenvalue weighted by molar-refractivity contribution is 9.10. The Hall–Kier alpha value is -2.38. The van der Waals surface area contributed by atoms with E-state index in [-0.39, 0.29) is 0 Å². The van der Waals surface area contributed by atoms with Crippen molar-refractivity contribution in [3.05, 3.63) is 57.9 Å². The SMILES string of the molecule is COc1ccc(-c2csc(N/N=C\c3ccccc3Br)n2)cc1OC. The largest absolute Gasteiger partial charge is 0.493 e. The predicted molar refractivity (Wildman–Crippen MR) is 106 cm³/mol. The lowest BCUT2D eigenvalue weighted by Crippen LogP contribution is -1.92. The van der Waals surface area contributed by atoms with Gasteiger partial charge >= 0.3 is 0 Å². The molecule has 25 heavy (non-hydrogen) atoms. The number of thiazole rings is 1. The molecular formula is C18H16BrN3O2S. The van der Waals surface area contributed by atoms with Gasteiger partial charge in [-0.25, -0.2) is 4.98 Å². The van der Waals surface area contributed by atoms with Crippen LogP contribution in [0.15, 0.2) is 57.4 Å². The summed E-state index contributed by atoms with van der Waals surface area (Å²) in [5, 5.41) is 6.92. The minimum Gasteiger partial charge on any atom is -0.493 e. The molecule has 128 valence electrons. The molecule has 2 aromatic carbocycles. The number of aromatic nitrogens is 1. The lowest BCUT2D eigenvalue weighted by atomic mass is 10.1. The number of nitrogens with zero attached hydrogens (tertiary/aromatic N) is 2. The molecule has 0 radical (unpaired) electrons. The molecule has 0 aliphatic heterocycles. The van der Waals surface area contributed by atoms with Crippen molar-refractivity contribution in [2.24, 2.45) is 5.10 Å². The minimum absolute atomic E-state index is 0.675. The van der Waals surface area contributed by atoms with Gasteiger partial charge in [0.15, 0.2) is 11.5 Å². The van der Waals surface area contributed by atoms with Gasteiger partial charge in [0.25, 0.3) is 0 Å². The molecule has 1 heterocycles. The van der Waals surface area contributed by atoms with Crippen LogP contribution in [0.2, 0.25) is 0 Å². The molecule has 0 saturated carbocycles. The van der Waals surface area contributed by atoms with Gasteiger partial charge in [0.1, 0.15) is 0 Å². The minimum atomic E-state index is 0.675. The van der Waals surface area contributed by atoms with Crippen LogP contribution in [0.3, 0.4) is 0 Å². The van der Waals surface area contributed by atoms with E-state index in [1.54, 1.807) is 20.4 Å². The summed E-state index contributed by atoms with van der Waals surface area (Å²) >= 11 is 4.98. The summed E-state index contributed by atoms with van der Waals surface area (Å²) in [6.45, 7) is 0. The topological polar surface area (TPSA) is 55.7 Å². The number of methoxy groups -OCH3 is 2. The third-order valence-corrected chi connectivity index (χ3v) is 4.92. The summed E-state index contributed by atoms with van der Waals surface area (Å²) in [4.78, 5) is 4.55. The number of hydrogen-bond donors (Lipinski definition) is 1. The first kappa shape index (κ1) is 17.4. The monoisotopic (exact) mass is 417 g/mol. The first-order valence-electron chi connectivity index (χ1n) is 7.43. The second kappa shape index (κ2) is 8.13. The predicted octanol–water partition coefficient (Wildman–Crippen LogP) is 5.04. The Kier molecular flexibility index (Phi) is 5.67. The Morgan fingerprint density at radius 1 is 1.12 bits per heavy atom. The van der Waals surface area contributed by atoms with Gasteiger partial charge in [0, 0.05) is 21.0 Å². The zero-order valence-corrected chi connectivity index (χ0v) is 16.1. The lowest BCUT2D eigenvalue weighted by molar-refractivity contribution is 0.355. The highest BCUT2D eigenvalue weighted by Gasteiger charge is 2.09. The number of halogens is 1. The maximum Gasteiger partial charge on any atom is 0.203 e. The third-order valence-electron chi connectivity index (χ3n) is 3.45.